The van der Waals surface area contributed by atoms with Crippen molar-refractivity contribution in [3.8, 4) is 0 Å². The van der Waals surface area contributed by atoms with Gasteiger partial charge in [-0.05, 0) is 27.3 Å². The van der Waals surface area contributed by atoms with E-state index in [-0.39, 0.29) is 0 Å². The molecule has 0 aliphatic heterocycles. The highest BCUT2D eigenvalue weighted by Crippen LogP contribution is 2.05. The van der Waals surface area contributed by atoms with E-state index < -0.39 is 0 Å². The van der Waals surface area contributed by atoms with Gasteiger partial charge < -0.3 is 10.2 Å². The van der Waals surface area contributed by atoms with Gasteiger partial charge in [0, 0.05) is 6.42 Å². The van der Waals surface area contributed by atoms with E-state index in [1.807, 2.05) is 0 Å². The highest BCUT2D eigenvalue weighted by molar-refractivity contribution is 4.40. The second kappa shape index (κ2) is 5.56. The number of hydrogen-bond donors (Lipinski definition) is 1. The highest BCUT2D eigenvalue weighted by Gasteiger charge is 2.18. The molecule has 0 heterocycles. The predicted molar refractivity (Wildman–Crippen MR) is 50.4 cm³/mol. The van der Waals surface area contributed by atoms with E-state index in [1.165, 1.54) is 30.7 Å². The Balaban J connectivity index is 3.84. The zero-order chi connectivity index (χ0) is 8.74. The molecule has 0 radical (unpaired) electrons. The molecular weight excluding hydrogens is 136 g/mol. The molecule has 0 atom stereocenters. The molecule has 0 aliphatic rings. The summed E-state index contributed by atoms with van der Waals surface area (Å²) in [5.41, 5.74) is 5.49. The molecule has 0 unspecified atom stereocenters. The number of rotatable bonds is 6. The van der Waals surface area contributed by atoms with E-state index in [4.69, 9.17) is 5.73 Å². The van der Waals surface area contributed by atoms with Crippen molar-refractivity contribution < 1.29 is 4.48 Å². The fourth-order valence-electron chi connectivity index (χ4n) is 1.57. The normalized spacial score (nSPS) is 12.0. The summed E-state index contributed by atoms with van der Waals surface area (Å²) in [6.45, 7) is 12.6. The second-order valence-electron chi connectivity index (χ2n) is 3.16. The molecule has 0 saturated carbocycles. The largest absolute Gasteiger partial charge is 0.330 e. The van der Waals surface area contributed by atoms with Crippen LogP contribution in [0.2, 0.25) is 0 Å². The van der Waals surface area contributed by atoms with Crippen LogP contribution >= 0.6 is 0 Å². The summed E-state index contributed by atoms with van der Waals surface area (Å²) < 4.78 is 1.23. The van der Waals surface area contributed by atoms with Crippen molar-refractivity contribution in [2.75, 3.05) is 32.7 Å². The van der Waals surface area contributed by atoms with Crippen LogP contribution in [0.25, 0.3) is 0 Å². The maximum Gasteiger partial charge on any atom is 0.0798 e. The van der Waals surface area contributed by atoms with Crippen LogP contribution in [-0.2, 0) is 0 Å². The first-order chi connectivity index (χ1) is 5.24. The standard InChI is InChI=1S/C9H23N2/c1-4-11(5-2,6-3)9-7-8-10/h4-10H2,1-3H3/q+1. The lowest BCUT2D eigenvalue weighted by Gasteiger charge is -2.35. The van der Waals surface area contributed by atoms with Crippen LogP contribution in [0.4, 0.5) is 0 Å². The topological polar surface area (TPSA) is 26.0 Å². The van der Waals surface area contributed by atoms with E-state index in [2.05, 4.69) is 20.8 Å². The Hall–Kier alpha value is -0.0800. The van der Waals surface area contributed by atoms with E-state index in [0.717, 1.165) is 13.0 Å². The molecular formula is C9H23N2+. The fraction of sp³-hybridized carbons (Fsp3) is 1.00. The Morgan fingerprint density at radius 3 is 1.73 bits per heavy atom. The maximum absolute atomic E-state index is 5.49. The Morgan fingerprint density at radius 1 is 1.00 bits per heavy atom. The van der Waals surface area contributed by atoms with Gasteiger partial charge in [0.25, 0.3) is 0 Å². The predicted octanol–water partition coefficient (Wildman–Crippen LogP) is 1.21. The molecule has 2 heteroatoms. The van der Waals surface area contributed by atoms with Gasteiger partial charge in [-0.1, -0.05) is 0 Å². The minimum Gasteiger partial charge on any atom is -0.330 e. The molecule has 0 aromatic heterocycles. The minimum atomic E-state index is 0.833. The Labute approximate surface area is 71.0 Å². The van der Waals surface area contributed by atoms with Gasteiger partial charge in [0.05, 0.1) is 26.2 Å². The van der Waals surface area contributed by atoms with Crippen LogP contribution in [0.15, 0.2) is 0 Å². The molecule has 11 heavy (non-hydrogen) atoms. The summed E-state index contributed by atoms with van der Waals surface area (Å²) >= 11 is 0. The lowest BCUT2D eigenvalue weighted by molar-refractivity contribution is -0.923. The second-order valence-corrected chi connectivity index (χ2v) is 3.16. The lowest BCUT2D eigenvalue weighted by atomic mass is 10.3. The first kappa shape index (κ1) is 10.9. The van der Waals surface area contributed by atoms with Gasteiger partial charge in [-0.2, -0.15) is 0 Å². The average Bonchev–Trinajstić information content (AvgIpc) is 2.08. The van der Waals surface area contributed by atoms with Gasteiger partial charge >= 0.3 is 0 Å². The summed E-state index contributed by atoms with van der Waals surface area (Å²) in [5.74, 6) is 0. The monoisotopic (exact) mass is 159 g/mol. The molecule has 0 bridgehead atoms. The van der Waals surface area contributed by atoms with Crippen molar-refractivity contribution in [1.82, 2.24) is 0 Å². The summed E-state index contributed by atoms with van der Waals surface area (Å²) in [6, 6.07) is 0. The molecule has 68 valence electrons. The molecule has 0 aliphatic carbocycles. The molecule has 2 nitrogen and oxygen atoms in total. The Kier molecular flexibility index (Phi) is 5.51. The first-order valence-corrected chi connectivity index (χ1v) is 4.79. The van der Waals surface area contributed by atoms with Gasteiger partial charge in [-0.15, -0.1) is 0 Å². The number of quaternary nitrogens is 1. The van der Waals surface area contributed by atoms with E-state index >= 15 is 0 Å². The molecule has 0 fully saturated rings. The van der Waals surface area contributed by atoms with Crippen LogP contribution in [0, 0.1) is 0 Å². The quantitative estimate of drug-likeness (QED) is 0.579. The minimum absolute atomic E-state index is 0.833. The van der Waals surface area contributed by atoms with E-state index in [9.17, 15) is 0 Å². The lowest BCUT2D eigenvalue weighted by Crippen LogP contribution is -2.48. The van der Waals surface area contributed by atoms with Gasteiger partial charge in [0.2, 0.25) is 0 Å². The van der Waals surface area contributed by atoms with Gasteiger partial charge in [0.15, 0.2) is 0 Å². The summed E-state index contributed by atoms with van der Waals surface area (Å²) in [6.07, 6.45) is 1.16. The van der Waals surface area contributed by atoms with E-state index in [0.29, 0.717) is 0 Å². The zero-order valence-electron chi connectivity index (χ0n) is 8.27. The summed E-state index contributed by atoms with van der Waals surface area (Å²) in [5, 5.41) is 0. The maximum atomic E-state index is 5.49. The third kappa shape index (κ3) is 3.21. The Morgan fingerprint density at radius 2 is 1.45 bits per heavy atom. The molecule has 0 rings (SSSR count). The van der Waals surface area contributed by atoms with Crippen LogP contribution in [0.3, 0.4) is 0 Å². The van der Waals surface area contributed by atoms with Crippen LogP contribution in [0.5, 0.6) is 0 Å². The number of nitrogens with two attached hydrogens (primary N) is 1. The first-order valence-electron chi connectivity index (χ1n) is 4.79. The van der Waals surface area contributed by atoms with Crippen molar-refractivity contribution in [3.05, 3.63) is 0 Å². The molecule has 0 spiro atoms. The van der Waals surface area contributed by atoms with Crippen molar-refractivity contribution in [1.29, 1.82) is 0 Å². The molecule has 0 saturated heterocycles. The van der Waals surface area contributed by atoms with Crippen molar-refractivity contribution in [3.63, 3.8) is 0 Å². The zero-order valence-corrected chi connectivity index (χ0v) is 8.27. The van der Waals surface area contributed by atoms with Crippen molar-refractivity contribution in [2.45, 2.75) is 27.2 Å². The number of hydrogen-bond acceptors (Lipinski definition) is 1. The number of nitrogens with zero attached hydrogens (tertiary/aromatic N) is 1. The average molecular weight is 159 g/mol. The van der Waals surface area contributed by atoms with E-state index in [1.54, 1.807) is 0 Å². The smallest absolute Gasteiger partial charge is 0.0798 e. The van der Waals surface area contributed by atoms with Crippen LogP contribution in [-0.4, -0.2) is 37.2 Å². The molecule has 0 aromatic carbocycles. The van der Waals surface area contributed by atoms with Gasteiger partial charge in [0.1, 0.15) is 0 Å². The van der Waals surface area contributed by atoms with Crippen molar-refractivity contribution >= 4 is 0 Å². The SMILES string of the molecule is CC[N+](CC)(CC)CCCN. The van der Waals surface area contributed by atoms with Crippen molar-refractivity contribution in [2.24, 2.45) is 5.73 Å². The van der Waals surface area contributed by atoms with Crippen LogP contribution < -0.4 is 5.73 Å². The highest BCUT2D eigenvalue weighted by atomic mass is 15.3. The summed E-state index contributed by atoms with van der Waals surface area (Å²) in [4.78, 5) is 0. The Bertz CT molecular complexity index is 79.3. The van der Waals surface area contributed by atoms with Gasteiger partial charge in [-0.25, -0.2) is 0 Å². The fourth-order valence-corrected chi connectivity index (χ4v) is 1.57. The molecule has 0 amide bonds. The third-order valence-corrected chi connectivity index (χ3v) is 2.85. The third-order valence-electron chi connectivity index (χ3n) is 2.85. The molecule has 0 aromatic rings. The van der Waals surface area contributed by atoms with Gasteiger partial charge in [-0.3, -0.25) is 0 Å². The summed E-state index contributed by atoms with van der Waals surface area (Å²) in [7, 11) is 0. The molecule has 2 N–H and O–H groups in total. The van der Waals surface area contributed by atoms with Crippen LogP contribution in [0.1, 0.15) is 27.2 Å².